The molecule has 1 atom stereocenters. The Bertz CT molecular complexity index is 898. The standard InChI is InChI=1S/C18H13ClN2O3S/c19-14-9-8-13(11-15(14)21(23)24)18(22)20-17(16-7-4-10-25-16)12-5-2-1-3-6-12/h1-11,17H,(H,20,22)/t17-/m0/s1. The van der Waals surface area contributed by atoms with E-state index in [0.717, 1.165) is 10.4 Å². The number of nitro groups is 1. The van der Waals surface area contributed by atoms with Crippen LogP contribution in [0.2, 0.25) is 5.02 Å². The maximum atomic E-state index is 12.6. The van der Waals surface area contributed by atoms with Crippen LogP contribution in [0.15, 0.2) is 66.0 Å². The number of carbonyl (C=O) groups is 1. The Morgan fingerprint density at radius 2 is 1.88 bits per heavy atom. The largest absolute Gasteiger partial charge is 0.340 e. The average Bonchev–Trinajstić information content (AvgIpc) is 3.14. The summed E-state index contributed by atoms with van der Waals surface area (Å²) in [6.45, 7) is 0. The van der Waals surface area contributed by atoms with E-state index < -0.39 is 10.8 Å². The third kappa shape index (κ3) is 3.87. The van der Waals surface area contributed by atoms with Crippen LogP contribution >= 0.6 is 22.9 Å². The van der Waals surface area contributed by atoms with Gasteiger partial charge in [0.25, 0.3) is 11.6 Å². The highest BCUT2D eigenvalue weighted by atomic mass is 35.5. The van der Waals surface area contributed by atoms with Crippen molar-refractivity contribution >= 4 is 34.5 Å². The fraction of sp³-hybridized carbons (Fsp3) is 0.0556. The second-order valence-electron chi connectivity index (χ2n) is 5.26. The van der Waals surface area contributed by atoms with Gasteiger partial charge in [0, 0.05) is 16.5 Å². The summed E-state index contributed by atoms with van der Waals surface area (Å²) in [5.41, 5.74) is 0.831. The SMILES string of the molecule is O=C(N[C@@H](c1ccccc1)c1cccs1)c1ccc(Cl)c([N+](=O)[O-])c1. The lowest BCUT2D eigenvalue weighted by Crippen LogP contribution is -2.28. The monoisotopic (exact) mass is 372 g/mol. The summed E-state index contributed by atoms with van der Waals surface area (Å²) in [7, 11) is 0. The summed E-state index contributed by atoms with van der Waals surface area (Å²) in [4.78, 5) is 24.0. The topological polar surface area (TPSA) is 72.2 Å². The van der Waals surface area contributed by atoms with Gasteiger partial charge in [-0.3, -0.25) is 14.9 Å². The molecule has 1 N–H and O–H groups in total. The van der Waals surface area contributed by atoms with Gasteiger partial charge in [0.05, 0.1) is 11.0 Å². The zero-order valence-corrected chi connectivity index (χ0v) is 14.5. The molecule has 7 heteroatoms. The number of nitrogens with one attached hydrogen (secondary N) is 1. The number of thiophene rings is 1. The minimum atomic E-state index is -0.604. The first-order valence-electron chi connectivity index (χ1n) is 7.39. The number of hydrogen-bond acceptors (Lipinski definition) is 4. The number of rotatable bonds is 5. The van der Waals surface area contributed by atoms with Crippen LogP contribution in [0.4, 0.5) is 5.69 Å². The van der Waals surface area contributed by atoms with Gasteiger partial charge >= 0.3 is 0 Å². The summed E-state index contributed by atoms with van der Waals surface area (Å²) in [6.07, 6.45) is 0. The van der Waals surface area contributed by atoms with E-state index in [0.29, 0.717) is 0 Å². The van der Waals surface area contributed by atoms with Crippen molar-refractivity contribution in [3.8, 4) is 0 Å². The van der Waals surface area contributed by atoms with Crippen molar-refractivity contribution in [1.82, 2.24) is 5.32 Å². The van der Waals surface area contributed by atoms with Crippen LogP contribution in [-0.2, 0) is 0 Å². The quantitative estimate of drug-likeness (QED) is 0.515. The summed E-state index contributed by atoms with van der Waals surface area (Å²) < 4.78 is 0. The Balaban J connectivity index is 1.91. The highest BCUT2D eigenvalue weighted by Crippen LogP contribution is 2.28. The van der Waals surface area contributed by atoms with Gasteiger partial charge in [0.15, 0.2) is 0 Å². The van der Waals surface area contributed by atoms with Crippen LogP contribution in [0.3, 0.4) is 0 Å². The lowest BCUT2D eigenvalue weighted by atomic mass is 10.0. The molecular formula is C18H13ClN2O3S. The summed E-state index contributed by atoms with van der Waals surface area (Å²) in [5.74, 6) is -0.401. The van der Waals surface area contributed by atoms with E-state index in [4.69, 9.17) is 11.6 Å². The van der Waals surface area contributed by atoms with Gasteiger partial charge in [0.2, 0.25) is 0 Å². The summed E-state index contributed by atoms with van der Waals surface area (Å²) in [6, 6.07) is 17.1. The summed E-state index contributed by atoms with van der Waals surface area (Å²) in [5, 5.41) is 15.9. The number of carbonyl (C=O) groups excluding carboxylic acids is 1. The van der Waals surface area contributed by atoms with Crippen molar-refractivity contribution in [1.29, 1.82) is 0 Å². The molecule has 0 unspecified atom stereocenters. The molecule has 25 heavy (non-hydrogen) atoms. The molecule has 0 aliphatic heterocycles. The number of benzene rings is 2. The van der Waals surface area contributed by atoms with Gasteiger partial charge in [-0.25, -0.2) is 0 Å². The third-order valence-electron chi connectivity index (χ3n) is 3.64. The van der Waals surface area contributed by atoms with E-state index in [1.54, 1.807) is 0 Å². The lowest BCUT2D eigenvalue weighted by molar-refractivity contribution is -0.384. The van der Waals surface area contributed by atoms with Crippen LogP contribution in [0.25, 0.3) is 0 Å². The number of hydrogen-bond donors (Lipinski definition) is 1. The van der Waals surface area contributed by atoms with Gasteiger partial charge in [-0.1, -0.05) is 48.0 Å². The van der Waals surface area contributed by atoms with Crippen LogP contribution in [0.5, 0.6) is 0 Å². The van der Waals surface area contributed by atoms with Crippen LogP contribution in [-0.4, -0.2) is 10.8 Å². The lowest BCUT2D eigenvalue weighted by Gasteiger charge is -2.18. The smallest absolute Gasteiger partial charge is 0.288 e. The fourth-order valence-corrected chi connectivity index (χ4v) is 3.42. The molecule has 0 bridgehead atoms. The van der Waals surface area contributed by atoms with Crippen LogP contribution in [0.1, 0.15) is 26.8 Å². The Labute approximate surface area is 153 Å². The minimum absolute atomic E-state index is 0.000541. The number of amides is 1. The Morgan fingerprint density at radius 1 is 1.12 bits per heavy atom. The molecule has 0 aliphatic rings. The molecule has 0 saturated heterocycles. The van der Waals surface area contributed by atoms with E-state index in [-0.39, 0.29) is 22.3 Å². The number of nitro benzene ring substituents is 1. The average molecular weight is 373 g/mol. The number of halogens is 1. The van der Waals surface area contributed by atoms with Crippen molar-refractivity contribution in [3.05, 3.63) is 97.2 Å². The second kappa shape index (κ2) is 7.46. The molecule has 1 aromatic heterocycles. The molecule has 3 aromatic rings. The van der Waals surface area contributed by atoms with Gasteiger partial charge in [0.1, 0.15) is 5.02 Å². The molecule has 5 nitrogen and oxygen atoms in total. The molecule has 1 amide bonds. The fourth-order valence-electron chi connectivity index (χ4n) is 2.43. The first-order valence-corrected chi connectivity index (χ1v) is 8.65. The van der Waals surface area contributed by atoms with E-state index in [9.17, 15) is 14.9 Å². The third-order valence-corrected chi connectivity index (χ3v) is 4.90. The maximum Gasteiger partial charge on any atom is 0.288 e. The van der Waals surface area contributed by atoms with E-state index in [1.165, 1.54) is 29.5 Å². The van der Waals surface area contributed by atoms with Gasteiger partial charge < -0.3 is 5.32 Å². The predicted molar refractivity (Wildman–Crippen MR) is 98.2 cm³/mol. The van der Waals surface area contributed by atoms with Crippen molar-refractivity contribution in [2.45, 2.75) is 6.04 Å². The maximum absolute atomic E-state index is 12.6. The van der Waals surface area contributed by atoms with Crippen LogP contribution in [0, 0.1) is 10.1 Å². The first kappa shape index (κ1) is 17.1. The molecule has 0 aliphatic carbocycles. The Morgan fingerprint density at radius 3 is 2.52 bits per heavy atom. The zero-order valence-electron chi connectivity index (χ0n) is 12.9. The van der Waals surface area contributed by atoms with Crippen LogP contribution < -0.4 is 5.32 Å². The highest BCUT2D eigenvalue weighted by Gasteiger charge is 2.21. The molecule has 0 fully saturated rings. The van der Waals surface area contributed by atoms with Crippen molar-refractivity contribution in [3.63, 3.8) is 0 Å². The van der Waals surface area contributed by atoms with Gasteiger partial charge in [-0.2, -0.15) is 0 Å². The first-order chi connectivity index (χ1) is 12.1. The molecule has 0 radical (unpaired) electrons. The summed E-state index contributed by atoms with van der Waals surface area (Å²) >= 11 is 7.34. The zero-order chi connectivity index (χ0) is 17.8. The number of nitrogens with zero attached hydrogens (tertiary/aromatic N) is 1. The molecule has 126 valence electrons. The van der Waals surface area contributed by atoms with Gasteiger partial charge in [-0.15, -0.1) is 11.3 Å². The Hall–Kier alpha value is -2.70. The van der Waals surface area contributed by atoms with Crippen molar-refractivity contribution < 1.29 is 9.72 Å². The Kier molecular flexibility index (Phi) is 5.11. The normalized spacial score (nSPS) is 11.7. The predicted octanol–water partition coefficient (Wildman–Crippen LogP) is 4.83. The molecule has 1 heterocycles. The van der Waals surface area contributed by atoms with Crippen molar-refractivity contribution in [2.24, 2.45) is 0 Å². The van der Waals surface area contributed by atoms with Crippen molar-refractivity contribution in [2.75, 3.05) is 0 Å². The molecular weight excluding hydrogens is 360 g/mol. The van der Waals surface area contributed by atoms with E-state index in [1.807, 2.05) is 47.8 Å². The highest BCUT2D eigenvalue weighted by molar-refractivity contribution is 7.10. The second-order valence-corrected chi connectivity index (χ2v) is 6.64. The van der Waals surface area contributed by atoms with Gasteiger partial charge in [-0.05, 0) is 29.1 Å². The van der Waals surface area contributed by atoms with E-state index >= 15 is 0 Å². The van der Waals surface area contributed by atoms with E-state index in [2.05, 4.69) is 5.32 Å². The molecule has 0 saturated carbocycles. The minimum Gasteiger partial charge on any atom is -0.340 e. The molecule has 0 spiro atoms. The molecule has 3 rings (SSSR count). The molecule has 2 aromatic carbocycles.